The van der Waals surface area contributed by atoms with Gasteiger partial charge in [0.1, 0.15) is 0 Å². The Labute approximate surface area is 151 Å². The lowest BCUT2D eigenvalue weighted by Gasteiger charge is -2.26. The quantitative estimate of drug-likeness (QED) is 0.722. The van der Waals surface area contributed by atoms with Gasteiger partial charge in [-0.25, -0.2) is 8.42 Å². The van der Waals surface area contributed by atoms with Crippen molar-refractivity contribution >= 4 is 31.7 Å². The Morgan fingerprint density at radius 1 is 1.46 bits per heavy atom. The summed E-state index contributed by atoms with van der Waals surface area (Å²) in [5.74, 6) is 2.59. The molecule has 2 rings (SSSR count). The van der Waals surface area contributed by atoms with Gasteiger partial charge in [0.25, 0.3) is 0 Å². The lowest BCUT2D eigenvalue weighted by molar-refractivity contribution is -0.123. The van der Waals surface area contributed by atoms with E-state index in [4.69, 9.17) is 6.42 Å². The van der Waals surface area contributed by atoms with E-state index in [1.54, 1.807) is 4.90 Å². The number of amides is 1. The van der Waals surface area contributed by atoms with Gasteiger partial charge in [0, 0.05) is 10.5 Å². The van der Waals surface area contributed by atoms with E-state index < -0.39 is 9.84 Å². The van der Waals surface area contributed by atoms with E-state index in [1.807, 2.05) is 31.2 Å². The van der Waals surface area contributed by atoms with E-state index in [2.05, 4.69) is 27.2 Å². The molecule has 130 valence electrons. The third-order valence-corrected chi connectivity index (χ3v) is 6.39. The number of carbonyl (C=O) groups is 1. The Balaban J connectivity index is 1.95. The molecule has 0 aliphatic carbocycles. The van der Waals surface area contributed by atoms with Gasteiger partial charge in [0.05, 0.1) is 30.6 Å². The van der Waals surface area contributed by atoms with Gasteiger partial charge in [0.2, 0.25) is 5.91 Å². The Hall–Kier alpha value is -1.36. The maximum absolute atomic E-state index is 12.3. The normalized spacial score (nSPS) is 20.5. The molecule has 0 saturated carbocycles. The monoisotopic (exact) mass is 412 g/mol. The molecule has 0 aromatic heterocycles. The van der Waals surface area contributed by atoms with Crippen LogP contribution in [0.2, 0.25) is 0 Å². The van der Waals surface area contributed by atoms with Crippen molar-refractivity contribution in [2.45, 2.75) is 25.4 Å². The molecule has 0 bridgehead atoms. The van der Waals surface area contributed by atoms with Gasteiger partial charge in [-0.3, -0.25) is 9.69 Å². The van der Waals surface area contributed by atoms with Gasteiger partial charge >= 0.3 is 0 Å². The largest absolute Gasteiger partial charge is 0.348 e. The maximum atomic E-state index is 12.3. The molecule has 1 saturated heterocycles. The van der Waals surface area contributed by atoms with E-state index in [1.165, 1.54) is 0 Å². The Morgan fingerprint density at radius 3 is 2.67 bits per heavy atom. The van der Waals surface area contributed by atoms with Crippen molar-refractivity contribution in [3.8, 4) is 12.3 Å². The van der Waals surface area contributed by atoms with E-state index >= 15 is 0 Å². The van der Waals surface area contributed by atoms with Crippen molar-refractivity contribution in [3.05, 3.63) is 34.3 Å². The number of sulfone groups is 1. The minimum Gasteiger partial charge on any atom is -0.348 e. The highest BCUT2D eigenvalue weighted by Gasteiger charge is 2.32. The number of hydrogen-bond donors (Lipinski definition) is 1. The number of nitrogens with zero attached hydrogens (tertiary/aromatic N) is 1. The molecule has 5 nitrogen and oxygen atoms in total. The summed E-state index contributed by atoms with van der Waals surface area (Å²) < 4.78 is 24.3. The molecule has 1 aliphatic rings. The zero-order chi connectivity index (χ0) is 17.7. The number of carbonyl (C=O) groups excluding carboxylic acids is 1. The SMILES string of the molecule is C#CCN(CC(=O)NC(C)c1ccc(Br)cc1)C1CCS(=O)(=O)C1. The smallest absolute Gasteiger partial charge is 0.234 e. The maximum Gasteiger partial charge on any atom is 0.234 e. The van der Waals surface area contributed by atoms with Crippen molar-refractivity contribution in [1.29, 1.82) is 0 Å². The van der Waals surface area contributed by atoms with Crippen LogP contribution in [0.4, 0.5) is 0 Å². The molecule has 1 heterocycles. The molecule has 1 N–H and O–H groups in total. The standard InChI is InChI=1S/C17H21BrN2O3S/c1-3-9-20(16-8-10-24(22,23)12-16)11-17(21)19-13(2)14-4-6-15(18)7-5-14/h1,4-7,13,16H,8-12H2,2H3,(H,19,21). The molecule has 1 aromatic carbocycles. The summed E-state index contributed by atoms with van der Waals surface area (Å²) in [6.45, 7) is 2.28. The van der Waals surface area contributed by atoms with Crippen molar-refractivity contribution < 1.29 is 13.2 Å². The highest BCUT2D eigenvalue weighted by Crippen LogP contribution is 2.18. The van der Waals surface area contributed by atoms with Crippen molar-refractivity contribution in [2.75, 3.05) is 24.6 Å². The van der Waals surface area contributed by atoms with Crippen molar-refractivity contribution in [3.63, 3.8) is 0 Å². The van der Waals surface area contributed by atoms with Gasteiger partial charge in [-0.05, 0) is 31.0 Å². The summed E-state index contributed by atoms with van der Waals surface area (Å²) in [5, 5.41) is 2.93. The zero-order valence-electron chi connectivity index (χ0n) is 13.5. The Kier molecular flexibility index (Phi) is 6.44. The number of halogens is 1. The fourth-order valence-corrected chi connectivity index (χ4v) is 4.83. The number of benzene rings is 1. The molecule has 1 amide bonds. The van der Waals surface area contributed by atoms with Crippen LogP contribution in [0.15, 0.2) is 28.7 Å². The molecule has 0 spiro atoms. The molecule has 0 radical (unpaired) electrons. The molecule has 1 fully saturated rings. The van der Waals surface area contributed by atoms with Crippen molar-refractivity contribution in [1.82, 2.24) is 10.2 Å². The first-order valence-corrected chi connectivity index (χ1v) is 10.3. The third kappa shape index (κ3) is 5.33. The minimum atomic E-state index is -3.01. The third-order valence-electron chi connectivity index (χ3n) is 4.11. The summed E-state index contributed by atoms with van der Waals surface area (Å²) >= 11 is 3.38. The Bertz CT molecular complexity index is 725. The van der Waals surface area contributed by atoms with Crippen LogP contribution in [0.25, 0.3) is 0 Å². The second kappa shape index (κ2) is 8.15. The summed E-state index contributed by atoms with van der Waals surface area (Å²) in [6.07, 6.45) is 5.90. The number of hydrogen-bond acceptors (Lipinski definition) is 4. The van der Waals surface area contributed by atoms with Crippen LogP contribution in [0.5, 0.6) is 0 Å². The van der Waals surface area contributed by atoms with Gasteiger partial charge in [-0.2, -0.15) is 0 Å². The van der Waals surface area contributed by atoms with Crippen LogP contribution in [-0.4, -0.2) is 49.9 Å². The summed E-state index contributed by atoms with van der Waals surface area (Å²) in [4.78, 5) is 14.1. The highest BCUT2D eigenvalue weighted by atomic mass is 79.9. The van der Waals surface area contributed by atoms with Crippen LogP contribution in [-0.2, 0) is 14.6 Å². The van der Waals surface area contributed by atoms with E-state index in [-0.39, 0.29) is 42.6 Å². The summed E-state index contributed by atoms with van der Waals surface area (Å²) in [6, 6.07) is 7.42. The second-order valence-corrected chi connectivity index (χ2v) is 9.15. The molecule has 7 heteroatoms. The molecular formula is C17H21BrN2O3S. The average Bonchev–Trinajstić information content (AvgIpc) is 2.87. The summed E-state index contributed by atoms with van der Waals surface area (Å²) in [7, 11) is -3.01. The van der Waals surface area contributed by atoms with Crippen LogP contribution in [0.1, 0.15) is 24.9 Å². The minimum absolute atomic E-state index is 0.0736. The predicted molar refractivity (Wildman–Crippen MR) is 98.2 cm³/mol. The van der Waals surface area contributed by atoms with E-state index in [9.17, 15) is 13.2 Å². The fraction of sp³-hybridized carbons (Fsp3) is 0.471. The van der Waals surface area contributed by atoms with E-state index in [0.29, 0.717) is 6.42 Å². The second-order valence-electron chi connectivity index (χ2n) is 6.01. The van der Waals surface area contributed by atoms with Crippen LogP contribution in [0.3, 0.4) is 0 Å². The first kappa shape index (κ1) is 19.0. The number of rotatable bonds is 6. The van der Waals surface area contributed by atoms with Gasteiger partial charge in [-0.1, -0.05) is 34.0 Å². The van der Waals surface area contributed by atoms with Crippen molar-refractivity contribution in [2.24, 2.45) is 0 Å². The first-order chi connectivity index (χ1) is 11.3. The molecule has 1 aliphatic heterocycles. The topological polar surface area (TPSA) is 66.5 Å². The molecule has 2 atom stereocenters. The van der Waals surface area contributed by atoms with Crippen LogP contribution in [0, 0.1) is 12.3 Å². The highest BCUT2D eigenvalue weighted by molar-refractivity contribution is 9.10. The zero-order valence-corrected chi connectivity index (χ0v) is 15.9. The van der Waals surface area contributed by atoms with Crippen LogP contribution >= 0.6 is 15.9 Å². The molecule has 2 unspecified atom stereocenters. The molecular weight excluding hydrogens is 392 g/mol. The van der Waals surface area contributed by atoms with E-state index in [0.717, 1.165) is 10.0 Å². The first-order valence-electron chi connectivity index (χ1n) is 7.73. The molecule has 24 heavy (non-hydrogen) atoms. The summed E-state index contributed by atoms with van der Waals surface area (Å²) in [5.41, 5.74) is 0.999. The average molecular weight is 413 g/mol. The van der Waals surface area contributed by atoms with Gasteiger partial charge in [-0.15, -0.1) is 6.42 Å². The lowest BCUT2D eigenvalue weighted by atomic mass is 10.1. The number of nitrogens with one attached hydrogen (secondary N) is 1. The van der Waals surface area contributed by atoms with Gasteiger partial charge < -0.3 is 5.32 Å². The number of terminal acetylenes is 1. The fourth-order valence-electron chi connectivity index (χ4n) is 2.80. The molecule has 1 aromatic rings. The lowest BCUT2D eigenvalue weighted by Crippen LogP contribution is -2.44. The predicted octanol–water partition coefficient (Wildman–Crippen LogP) is 1.75. The van der Waals surface area contributed by atoms with Gasteiger partial charge in [0.15, 0.2) is 9.84 Å². The Morgan fingerprint density at radius 2 is 2.12 bits per heavy atom. The van der Waals surface area contributed by atoms with Crippen LogP contribution < -0.4 is 5.32 Å².